The SMILES string of the molecule is COc1ccc(/C=C/C(=O)Nc2cc(-c3ccccc3)ccc2C)cc1OC. The van der Waals surface area contributed by atoms with Crippen molar-refractivity contribution in [2.24, 2.45) is 0 Å². The quantitative estimate of drug-likeness (QED) is 0.594. The molecular formula is C24H23NO3. The lowest BCUT2D eigenvalue weighted by Crippen LogP contribution is -2.09. The monoisotopic (exact) mass is 373 g/mol. The number of amides is 1. The highest BCUT2D eigenvalue weighted by Gasteiger charge is 2.06. The fourth-order valence-corrected chi connectivity index (χ4v) is 2.87. The Morgan fingerprint density at radius 1 is 0.857 bits per heavy atom. The molecule has 1 N–H and O–H groups in total. The lowest BCUT2D eigenvalue weighted by Gasteiger charge is -2.10. The first-order valence-electron chi connectivity index (χ1n) is 8.98. The maximum absolute atomic E-state index is 12.4. The lowest BCUT2D eigenvalue weighted by atomic mass is 10.0. The van der Waals surface area contributed by atoms with Crippen LogP contribution in [0.25, 0.3) is 17.2 Å². The van der Waals surface area contributed by atoms with Crippen LogP contribution in [-0.2, 0) is 4.79 Å². The van der Waals surface area contributed by atoms with E-state index in [-0.39, 0.29) is 5.91 Å². The van der Waals surface area contributed by atoms with Crippen LogP contribution >= 0.6 is 0 Å². The topological polar surface area (TPSA) is 47.6 Å². The van der Waals surface area contributed by atoms with E-state index in [0.717, 1.165) is 27.9 Å². The third-order valence-corrected chi connectivity index (χ3v) is 4.44. The molecule has 0 aliphatic carbocycles. The summed E-state index contributed by atoms with van der Waals surface area (Å²) in [6.07, 6.45) is 3.25. The fourth-order valence-electron chi connectivity index (χ4n) is 2.87. The molecule has 0 spiro atoms. The summed E-state index contributed by atoms with van der Waals surface area (Å²) in [6, 6.07) is 21.6. The highest BCUT2D eigenvalue weighted by molar-refractivity contribution is 6.02. The third kappa shape index (κ3) is 4.60. The van der Waals surface area contributed by atoms with Crippen molar-refractivity contribution >= 4 is 17.7 Å². The second-order valence-corrected chi connectivity index (χ2v) is 6.33. The zero-order valence-corrected chi connectivity index (χ0v) is 16.2. The minimum atomic E-state index is -0.192. The maximum Gasteiger partial charge on any atom is 0.248 e. The summed E-state index contributed by atoms with van der Waals surface area (Å²) in [5, 5.41) is 2.96. The molecule has 0 radical (unpaired) electrons. The summed E-state index contributed by atoms with van der Waals surface area (Å²) in [5.41, 5.74) is 4.82. The largest absolute Gasteiger partial charge is 0.493 e. The standard InChI is InChI=1S/C24H23NO3/c1-17-9-12-20(19-7-5-4-6-8-19)16-21(17)25-24(26)14-11-18-10-13-22(27-2)23(15-18)28-3/h4-16H,1-3H3,(H,25,26)/b14-11+. The van der Waals surface area contributed by atoms with Crippen molar-refractivity contribution in [2.75, 3.05) is 19.5 Å². The van der Waals surface area contributed by atoms with Crippen LogP contribution in [0.4, 0.5) is 5.69 Å². The number of nitrogens with one attached hydrogen (secondary N) is 1. The number of hydrogen-bond acceptors (Lipinski definition) is 3. The predicted octanol–water partition coefficient (Wildman–Crippen LogP) is 5.33. The summed E-state index contributed by atoms with van der Waals surface area (Å²) in [6.45, 7) is 1.97. The first-order chi connectivity index (χ1) is 13.6. The Labute approximate surface area is 165 Å². The van der Waals surface area contributed by atoms with Crippen LogP contribution in [-0.4, -0.2) is 20.1 Å². The highest BCUT2D eigenvalue weighted by atomic mass is 16.5. The molecular weight excluding hydrogens is 350 g/mol. The minimum absolute atomic E-state index is 0.192. The molecule has 0 bridgehead atoms. The fraction of sp³-hybridized carbons (Fsp3) is 0.125. The first-order valence-corrected chi connectivity index (χ1v) is 8.98. The van der Waals surface area contributed by atoms with Crippen LogP contribution < -0.4 is 14.8 Å². The number of hydrogen-bond donors (Lipinski definition) is 1. The van der Waals surface area contributed by atoms with Crippen LogP contribution in [0.1, 0.15) is 11.1 Å². The molecule has 3 rings (SSSR count). The van der Waals surface area contributed by atoms with Gasteiger partial charge in [0.2, 0.25) is 5.91 Å². The molecule has 1 amide bonds. The average molecular weight is 373 g/mol. The Bertz CT molecular complexity index is 994. The number of rotatable bonds is 6. The zero-order valence-electron chi connectivity index (χ0n) is 16.2. The molecule has 3 aromatic rings. The van der Waals surface area contributed by atoms with Crippen LogP contribution in [0.5, 0.6) is 11.5 Å². The molecule has 0 unspecified atom stereocenters. The summed E-state index contributed by atoms with van der Waals surface area (Å²) >= 11 is 0. The second kappa shape index (κ2) is 8.91. The first kappa shape index (κ1) is 19.2. The summed E-state index contributed by atoms with van der Waals surface area (Å²) in [5.74, 6) is 1.08. The molecule has 0 aliphatic rings. The molecule has 0 atom stereocenters. The molecule has 0 heterocycles. The van der Waals surface area contributed by atoms with Crippen molar-refractivity contribution in [1.82, 2.24) is 0 Å². The maximum atomic E-state index is 12.4. The zero-order chi connectivity index (χ0) is 19.9. The molecule has 0 fully saturated rings. The van der Waals surface area contributed by atoms with Gasteiger partial charge < -0.3 is 14.8 Å². The molecule has 142 valence electrons. The van der Waals surface area contributed by atoms with E-state index in [1.807, 2.05) is 67.6 Å². The molecule has 4 nitrogen and oxygen atoms in total. The van der Waals surface area contributed by atoms with Crippen molar-refractivity contribution in [2.45, 2.75) is 6.92 Å². The molecule has 0 saturated heterocycles. The van der Waals surface area contributed by atoms with Gasteiger partial charge in [0, 0.05) is 11.8 Å². The smallest absolute Gasteiger partial charge is 0.248 e. The van der Waals surface area contributed by atoms with E-state index in [4.69, 9.17) is 9.47 Å². The Hall–Kier alpha value is -3.53. The Morgan fingerprint density at radius 3 is 2.32 bits per heavy atom. The Morgan fingerprint density at radius 2 is 1.61 bits per heavy atom. The normalized spacial score (nSPS) is 10.7. The van der Waals surface area contributed by atoms with Crippen molar-refractivity contribution in [3.05, 3.63) is 83.9 Å². The lowest BCUT2D eigenvalue weighted by molar-refractivity contribution is -0.111. The van der Waals surface area contributed by atoms with Crippen molar-refractivity contribution in [1.29, 1.82) is 0 Å². The van der Waals surface area contributed by atoms with E-state index in [2.05, 4.69) is 11.4 Å². The number of anilines is 1. The second-order valence-electron chi connectivity index (χ2n) is 6.33. The molecule has 0 aromatic heterocycles. The predicted molar refractivity (Wildman–Crippen MR) is 114 cm³/mol. The van der Waals surface area contributed by atoms with Crippen molar-refractivity contribution in [3.8, 4) is 22.6 Å². The van der Waals surface area contributed by atoms with Gasteiger partial charge in [-0.15, -0.1) is 0 Å². The van der Waals surface area contributed by atoms with Gasteiger partial charge in [-0.3, -0.25) is 4.79 Å². The number of carbonyl (C=O) groups excluding carboxylic acids is 1. The van der Waals surface area contributed by atoms with Gasteiger partial charge in [0.1, 0.15) is 0 Å². The minimum Gasteiger partial charge on any atom is -0.493 e. The highest BCUT2D eigenvalue weighted by Crippen LogP contribution is 2.28. The number of ether oxygens (including phenoxy) is 2. The molecule has 4 heteroatoms. The number of carbonyl (C=O) groups is 1. The van der Waals surface area contributed by atoms with Gasteiger partial charge in [0.15, 0.2) is 11.5 Å². The number of aryl methyl sites for hydroxylation is 1. The van der Waals surface area contributed by atoms with E-state index in [9.17, 15) is 4.79 Å². The summed E-state index contributed by atoms with van der Waals surface area (Å²) in [4.78, 5) is 12.4. The Kier molecular flexibility index (Phi) is 6.12. The summed E-state index contributed by atoms with van der Waals surface area (Å²) in [7, 11) is 3.17. The van der Waals surface area contributed by atoms with Crippen molar-refractivity contribution in [3.63, 3.8) is 0 Å². The molecule has 3 aromatic carbocycles. The van der Waals surface area contributed by atoms with Crippen LogP contribution in [0.2, 0.25) is 0 Å². The van der Waals surface area contributed by atoms with E-state index < -0.39 is 0 Å². The van der Waals surface area contributed by atoms with Gasteiger partial charge >= 0.3 is 0 Å². The van der Waals surface area contributed by atoms with Crippen LogP contribution in [0, 0.1) is 6.92 Å². The van der Waals surface area contributed by atoms with E-state index in [1.165, 1.54) is 6.08 Å². The van der Waals surface area contributed by atoms with Gasteiger partial charge in [-0.05, 0) is 53.5 Å². The van der Waals surface area contributed by atoms with Gasteiger partial charge in [-0.25, -0.2) is 0 Å². The van der Waals surface area contributed by atoms with E-state index >= 15 is 0 Å². The van der Waals surface area contributed by atoms with Gasteiger partial charge in [0.25, 0.3) is 0 Å². The average Bonchev–Trinajstić information content (AvgIpc) is 2.74. The molecule has 0 aliphatic heterocycles. The van der Waals surface area contributed by atoms with Gasteiger partial charge in [-0.1, -0.05) is 48.5 Å². The molecule has 0 saturated carbocycles. The third-order valence-electron chi connectivity index (χ3n) is 4.44. The number of benzene rings is 3. The van der Waals surface area contributed by atoms with E-state index in [1.54, 1.807) is 20.3 Å². The van der Waals surface area contributed by atoms with Gasteiger partial charge in [0.05, 0.1) is 14.2 Å². The Balaban J connectivity index is 1.75. The van der Waals surface area contributed by atoms with Crippen LogP contribution in [0.15, 0.2) is 72.8 Å². The van der Waals surface area contributed by atoms with Crippen LogP contribution in [0.3, 0.4) is 0 Å². The molecule has 28 heavy (non-hydrogen) atoms. The van der Waals surface area contributed by atoms with E-state index in [0.29, 0.717) is 11.5 Å². The summed E-state index contributed by atoms with van der Waals surface area (Å²) < 4.78 is 10.5. The van der Waals surface area contributed by atoms with Crippen molar-refractivity contribution < 1.29 is 14.3 Å². The van der Waals surface area contributed by atoms with Gasteiger partial charge in [-0.2, -0.15) is 0 Å². The number of methoxy groups -OCH3 is 2.